The minimum absolute atomic E-state index is 0. The molecule has 16 heavy (non-hydrogen) atoms. The van der Waals surface area contributed by atoms with Crippen LogP contribution in [0, 0.1) is 0 Å². The Balaban J connectivity index is 0.00000225. The smallest absolute Gasteiger partial charge is 0 e. The third-order valence-electron chi connectivity index (χ3n) is 2.56. The molecule has 93 valence electrons. The summed E-state index contributed by atoms with van der Waals surface area (Å²) < 4.78 is 3.32. The van der Waals surface area contributed by atoms with Gasteiger partial charge < -0.3 is 0 Å². The van der Waals surface area contributed by atoms with Gasteiger partial charge in [-0.3, -0.25) is 0 Å². The van der Waals surface area contributed by atoms with Crippen molar-refractivity contribution in [3.05, 3.63) is 18.7 Å². The molecule has 0 aliphatic carbocycles. The fourth-order valence-corrected chi connectivity index (χ4v) is 7.93. The van der Waals surface area contributed by atoms with Crippen molar-refractivity contribution in [3.8, 4) is 0 Å². The predicted octanol–water partition coefficient (Wildman–Crippen LogP) is 3.83. The largest absolute Gasteiger partial charge is 0 e. The van der Waals surface area contributed by atoms with Crippen molar-refractivity contribution < 1.29 is 38.1 Å². The monoisotopic (exact) mass is 495 g/mol. The van der Waals surface area contributed by atoms with Gasteiger partial charge in [0.05, 0.1) is 0 Å². The Morgan fingerprint density at radius 1 is 1.31 bits per heavy atom. The first kappa shape index (κ1) is 17.0. The molecule has 2 nitrogen and oxygen atoms in total. The van der Waals surface area contributed by atoms with E-state index in [1.165, 1.54) is 32.1 Å². The minimum atomic E-state index is -1.22. The van der Waals surface area contributed by atoms with E-state index in [1.807, 2.05) is 12.5 Å². The van der Waals surface area contributed by atoms with Crippen LogP contribution in [0.5, 0.6) is 0 Å². The molecule has 2 unspecified atom stereocenters. The third kappa shape index (κ3) is 5.57. The molecule has 0 saturated heterocycles. The van der Waals surface area contributed by atoms with Crippen LogP contribution < -0.4 is 0 Å². The van der Waals surface area contributed by atoms with E-state index in [9.17, 15) is 0 Å². The van der Waals surface area contributed by atoms with Gasteiger partial charge in [0, 0.05) is 21.1 Å². The number of aromatic nitrogens is 2. The Hall–Kier alpha value is 1.02. The van der Waals surface area contributed by atoms with Crippen LogP contribution in [0.2, 0.25) is 4.31 Å². The molecular weight excluding hydrogens is 471 g/mol. The van der Waals surface area contributed by atoms with Gasteiger partial charge in [0.1, 0.15) is 0 Å². The van der Waals surface area contributed by atoms with Gasteiger partial charge in [-0.25, -0.2) is 0 Å². The standard InChI is InChI=1S/C8H17.C3H3N2.Mo.H2P.W/c1-3-5-7-8-6-4-2;1-2-5-3-4-1;;;/h7H,3-6,8H2,1-2H3;1-3H;;1H2;/q;-1;+2;-1;. The molecule has 0 fully saturated rings. The van der Waals surface area contributed by atoms with Gasteiger partial charge in [-0.1, -0.05) is 0 Å². The first-order chi connectivity index (χ1) is 7.29. The van der Waals surface area contributed by atoms with E-state index >= 15 is 0 Å². The van der Waals surface area contributed by atoms with Crippen molar-refractivity contribution in [2.45, 2.75) is 50.3 Å². The Kier molecular flexibility index (Phi) is 10.6. The molecular formula is C11H22MoN2PW. The second-order valence-corrected chi connectivity index (χ2v) is 11.1. The van der Waals surface area contributed by atoms with Gasteiger partial charge >= 0.3 is 101 Å². The number of hydrogen-bond donors (Lipinski definition) is 0. The predicted molar refractivity (Wildman–Crippen MR) is 65.5 cm³/mol. The average molecular weight is 493 g/mol. The van der Waals surface area contributed by atoms with E-state index in [1.54, 1.807) is 0 Å². The summed E-state index contributed by atoms with van der Waals surface area (Å²) >= 11 is -1.22. The van der Waals surface area contributed by atoms with E-state index in [0.717, 1.165) is 4.31 Å². The van der Waals surface area contributed by atoms with Crippen molar-refractivity contribution in [1.29, 1.82) is 0 Å². The van der Waals surface area contributed by atoms with Crippen LogP contribution in [-0.2, 0) is 38.1 Å². The molecule has 1 aromatic rings. The van der Waals surface area contributed by atoms with Gasteiger partial charge in [-0.05, 0) is 0 Å². The van der Waals surface area contributed by atoms with Crippen LogP contribution in [0.25, 0.3) is 0 Å². The molecule has 0 spiro atoms. The number of rotatable bonds is 7. The summed E-state index contributed by atoms with van der Waals surface area (Å²) in [5.74, 6) is 0. The average Bonchev–Trinajstić information content (AvgIpc) is 2.76. The summed E-state index contributed by atoms with van der Waals surface area (Å²) in [4.78, 5) is 4.16. The fraction of sp³-hybridized carbons (Fsp3) is 0.727. The van der Waals surface area contributed by atoms with E-state index < -0.39 is 17.1 Å². The zero-order valence-corrected chi connectivity index (χ0v) is 16.2. The van der Waals surface area contributed by atoms with Crippen molar-refractivity contribution >= 4 is 7.33 Å². The molecule has 0 N–H and O–H groups in total. The summed E-state index contributed by atoms with van der Waals surface area (Å²) in [6.45, 7) is 4.58. The van der Waals surface area contributed by atoms with Gasteiger partial charge in [-0.2, -0.15) is 0 Å². The minimum Gasteiger partial charge on any atom is 0 e. The van der Waals surface area contributed by atoms with E-state index in [-0.39, 0.29) is 21.1 Å². The van der Waals surface area contributed by atoms with Crippen molar-refractivity contribution in [1.82, 2.24) is 8.11 Å². The number of hydrogen-bond acceptors (Lipinski definition) is 1. The maximum absolute atomic E-state index is 4.16. The van der Waals surface area contributed by atoms with Crippen LogP contribution in [0.1, 0.15) is 46.0 Å². The summed E-state index contributed by atoms with van der Waals surface area (Å²) in [5.41, 5.74) is 0. The summed E-state index contributed by atoms with van der Waals surface area (Å²) in [7, 11) is 3.14. The van der Waals surface area contributed by atoms with Crippen LogP contribution in [-0.4, -0.2) is 8.11 Å². The normalized spacial score (nSPS) is 12.5. The molecule has 2 atom stereocenters. The number of nitrogens with zero attached hydrogens (tertiary/aromatic N) is 2. The maximum atomic E-state index is 4.16. The molecule has 0 aromatic carbocycles. The fourth-order valence-electron chi connectivity index (χ4n) is 1.68. The second kappa shape index (κ2) is 9.99. The van der Waals surface area contributed by atoms with Gasteiger partial charge in [0.15, 0.2) is 0 Å². The van der Waals surface area contributed by atoms with E-state index in [4.69, 9.17) is 0 Å². The van der Waals surface area contributed by atoms with Gasteiger partial charge in [-0.15, -0.1) is 0 Å². The second-order valence-electron chi connectivity index (χ2n) is 3.82. The van der Waals surface area contributed by atoms with Crippen LogP contribution in [0.3, 0.4) is 0 Å². The third-order valence-corrected chi connectivity index (χ3v) is 10.8. The van der Waals surface area contributed by atoms with Crippen molar-refractivity contribution in [3.63, 3.8) is 0 Å². The summed E-state index contributed by atoms with van der Waals surface area (Å²) in [6.07, 6.45) is 12.8. The van der Waals surface area contributed by atoms with Crippen LogP contribution in [0.4, 0.5) is 0 Å². The topological polar surface area (TPSA) is 17.8 Å². The zero-order chi connectivity index (χ0) is 11.1. The molecule has 0 aliphatic heterocycles. The van der Waals surface area contributed by atoms with Gasteiger partial charge in [0.2, 0.25) is 0 Å². The molecule has 1 heterocycles. The Labute approximate surface area is 122 Å². The first-order valence-corrected chi connectivity index (χ1v) is 11.8. The molecule has 0 amide bonds. The molecule has 1 aromatic heterocycles. The van der Waals surface area contributed by atoms with Crippen LogP contribution >= 0.6 is 7.33 Å². The van der Waals surface area contributed by atoms with Gasteiger partial charge in [0.25, 0.3) is 0 Å². The Bertz CT molecular complexity index is 256. The summed E-state index contributed by atoms with van der Waals surface area (Å²) in [5, 5.41) is 0. The molecule has 0 aliphatic rings. The molecule has 1 rings (SSSR count). The van der Waals surface area contributed by atoms with E-state index in [0.29, 0.717) is 0 Å². The SMILES string of the molecule is CCCC[CH](CCC)[Mo]([PH2])[n]1ccnc1.[W]. The number of imidazole rings is 1. The Morgan fingerprint density at radius 3 is 2.56 bits per heavy atom. The quantitative estimate of drug-likeness (QED) is 0.418. The molecule has 5 heteroatoms. The van der Waals surface area contributed by atoms with Crippen LogP contribution in [0.15, 0.2) is 18.7 Å². The van der Waals surface area contributed by atoms with E-state index in [2.05, 4.69) is 35.5 Å². The Morgan fingerprint density at radius 2 is 2.06 bits per heavy atom. The summed E-state index contributed by atoms with van der Waals surface area (Å²) in [6, 6.07) is 0. The van der Waals surface area contributed by atoms with Crippen molar-refractivity contribution in [2.24, 2.45) is 0 Å². The maximum Gasteiger partial charge on any atom is 0 e. The molecule has 0 bridgehead atoms. The molecule has 0 saturated carbocycles. The zero-order valence-electron chi connectivity index (χ0n) is 10.1. The molecule has 0 radical (unpaired) electrons. The first-order valence-electron chi connectivity index (χ1n) is 5.75. The van der Waals surface area contributed by atoms with Crippen molar-refractivity contribution in [2.75, 3.05) is 0 Å². The number of unbranched alkanes of at least 4 members (excludes halogenated alkanes) is 1.